The first-order valence-electron chi connectivity index (χ1n) is 6.14. The normalized spacial score (nSPS) is 8.00. The van der Waals surface area contributed by atoms with Crippen LogP contribution >= 0.6 is 15.8 Å². The molecule has 0 aliphatic carbocycles. The van der Waals surface area contributed by atoms with Gasteiger partial charge >= 0.3 is 0 Å². The van der Waals surface area contributed by atoms with Crippen LogP contribution in [-0.4, -0.2) is 37.0 Å². The minimum atomic E-state index is 0. The molecule has 0 aromatic carbocycles. The topological polar surface area (TPSA) is 0 Å². The van der Waals surface area contributed by atoms with E-state index in [0.717, 1.165) is 0 Å². The maximum absolute atomic E-state index is 2.29. The first kappa shape index (κ1) is 37.1. The van der Waals surface area contributed by atoms with Gasteiger partial charge in [0.25, 0.3) is 0 Å². The molecular weight excluding hydrogens is 491 g/mol. The second kappa shape index (κ2) is 31.8. The van der Waals surface area contributed by atoms with Gasteiger partial charge in [-0.05, 0) is 37.0 Å². The zero-order chi connectivity index (χ0) is 11.4. The second-order valence-electron chi connectivity index (χ2n) is 3.24. The van der Waals surface area contributed by atoms with Crippen molar-refractivity contribution in [1.29, 1.82) is 0 Å². The van der Waals surface area contributed by atoms with Gasteiger partial charge in [0.05, 0.1) is 0 Å². The molecule has 0 saturated heterocycles. The van der Waals surface area contributed by atoms with E-state index in [1.165, 1.54) is 37.0 Å². The van der Waals surface area contributed by atoms with Crippen LogP contribution in [0.4, 0.5) is 0 Å². The van der Waals surface area contributed by atoms with Crippen LogP contribution in [0.15, 0.2) is 0 Å². The van der Waals surface area contributed by atoms with E-state index in [2.05, 4.69) is 41.5 Å². The molecule has 0 spiro atoms. The Hall–Kier alpha value is 2.60. The molecule has 0 aromatic heterocycles. The SMILES string of the molecule is CCP(CC)CC.CCP(CC)CC.[Cl-].[Cl-].[Cl-].[Hf]. The smallest absolute Gasteiger partial charge is 0 e. The van der Waals surface area contributed by atoms with Crippen molar-refractivity contribution in [3.63, 3.8) is 0 Å². The van der Waals surface area contributed by atoms with Gasteiger partial charge in [0.2, 0.25) is 0 Å². The molecule has 18 heavy (non-hydrogen) atoms. The van der Waals surface area contributed by atoms with Crippen molar-refractivity contribution in [1.82, 2.24) is 0 Å². The summed E-state index contributed by atoms with van der Waals surface area (Å²) in [7, 11) is 0.892. The predicted molar refractivity (Wildman–Crippen MR) is 77.1 cm³/mol. The zero-order valence-corrected chi connectivity index (χ0v) is 20.4. The van der Waals surface area contributed by atoms with Crippen molar-refractivity contribution < 1.29 is 63.1 Å². The van der Waals surface area contributed by atoms with Crippen LogP contribution in [0.3, 0.4) is 0 Å². The molecule has 0 aliphatic rings. The van der Waals surface area contributed by atoms with Gasteiger partial charge in [0, 0.05) is 25.8 Å². The fraction of sp³-hybridized carbons (Fsp3) is 1.00. The van der Waals surface area contributed by atoms with E-state index in [1.807, 2.05) is 0 Å². The first-order chi connectivity index (χ1) is 6.69. The summed E-state index contributed by atoms with van der Waals surface area (Å²) >= 11 is 0. The quantitative estimate of drug-likeness (QED) is 0.248. The zero-order valence-electron chi connectivity index (χ0n) is 12.8. The van der Waals surface area contributed by atoms with Crippen molar-refractivity contribution in [3.8, 4) is 0 Å². The van der Waals surface area contributed by atoms with Gasteiger partial charge in [0.1, 0.15) is 0 Å². The number of hydrogen-bond acceptors (Lipinski definition) is 0. The Kier molecular flexibility index (Phi) is 65.6. The fourth-order valence-corrected chi connectivity index (χ4v) is 4.02. The summed E-state index contributed by atoms with van der Waals surface area (Å²) in [5.74, 6) is 0. The van der Waals surface area contributed by atoms with Gasteiger partial charge in [-0.1, -0.05) is 41.5 Å². The molecule has 0 rings (SSSR count). The fourth-order valence-electron chi connectivity index (χ4n) is 1.34. The predicted octanol–water partition coefficient (Wildman–Crippen LogP) is -3.93. The van der Waals surface area contributed by atoms with E-state index in [9.17, 15) is 0 Å². The number of hydrogen-bond donors (Lipinski definition) is 0. The molecule has 0 unspecified atom stereocenters. The van der Waals surface area contributed by atoms with Crippen molar-refractivity contribution >= 4 is 15.8 Å². The third-order valence-corrected chi connectivity index (χ3v) is 8.05. The molecule has 6 heteroatoms. The Bertz CT molecular complexity index is 80.3. The molecule has 0 amide bonds. The largest absolute Gasteiger partial charge is 1.00 e. The minimum absolute atomic E-state index is 0. The van der Waals surface area contributed by atoms with Crippen molar-refractivity contribution in [2.75, 3.05) is 37.0 Å². The van der Waals surface area contributed by atoms with Crippen molar-refractivity contribution in [2.24, 2.45) is 0 Å². The first-order valence-corrected chi connectivity index (χ1v) is 9.93. The summed E-state index contributed by atoms with van der Waals surface area (Å²) in [4.78, 5) is 0. The molecule has 0 fully saturated rings. The molecule has 0 heterocycles. The van der Waals surface area contributed by atoms with Gasteiger partial charge in [-0.2, -0.15) is 0 Å². The standard InChI is InChI=1S/2C6H15P.3ClH.Hf/c2*1-4-7(5-2)6-3;;;;/h2*4-6H2,1-3H3;3*1H;/p-3. The van der Waals surface area contributed by atoms with E-state index in [4.69, 9.17) is 0 Å². The molecule has 0 nitrogen and oxygen atoms in total. The molecule has 0 atom stereocenters. The van der Waals surface area contributed by atoms with Crippen molar-refractivity contribution in [3.05, 3.63) is 0 Å². The summed E-state index contributed by atoms with van der Waals surface area (Å²) < 4.78 is 0. The molecule has 0 aromatic rings. The molecule has 0 saturated carbocycles. The van der Waals surface area contributed by atoms with Crippen LogP contribution in [0, 0.1) is 0 Å². The monoisotopic (exact) mass is 521 g/mol. The number of rotatable bonds is 6. The van der Waals surface area contributed by atoms with Crippen LogP contribution in [0.5, 0.6) is 0 Å². The maximum Gasteiger partial charge on any atom is 0 e. The summed E-state index contributed by atoms with van der Waals surface area (Å²) in [6.45, 7) is 13.7. The Morgan fingerprint density at radius 1 is 0.444 bits per heavy atom. The molecule has 0 radical (unpaired) electrons. The third kappa shape index (κ3) is 27.0. The van der Waals surface area contributed by atoms with Crippen LogP contribution in [0.1, 0.15) is 41.5 Å². The second-order valence-corrected chi connectivity index (χ2v) is 9.72. The van der Waals surface area contributed by atoms with Gasteiger partial charge in [0.15, 0.2) is 0 Å². The van der Waals surface area contributed by atoms with Crippen LogP contribution in [-0.2, 0) is 25.8 Å². The van der Waals surface area contributed by atoms with E-state index in [-0.39, 0.29) is 63.1 Å². The van der Waals surface area contributed by atoms with Crippen LogP contribution in [0.25, 0.3) is 0 Å². The van der Waals surface area contributed by atoms with Gasteiger partial charge in [-0.3, -0.25) is 0 Å². The average molecular weight is 521 g/mol. The summed E-state index contributed by atoms with van der Waals surface area (Å²) in [5, 5.41) is 0. The molecule has 0 aliphatic heterocycles. The van der Waals surface area contributed by atoms with E-state index >= 15 is 0 Å². The Morgan fingerprint density at radius 3 is 0.556 bits per heavy atom. The van der Waals surface area contributed by atoms with Crippen LogP contribution < -0.4 is 37.2 Å². The van der Waals surface area contributed by atoms with E-state index in [1.54, 1.807) is 0 Å². The van der Waals surface area contributed by atoms with Crippen molar-refractivity contribution in [2.45, 2.75) is 41.5 Å². The van der Waals surface area contributed by atoms with E-state index in [0.29, 0.717) is 15.8 Å². The number of halogens is 3. The van der Waals surface area contributed by atoms with Gasteiger partial charge < -0.3 is 37.2 Å². The molecule has 0 bridgehead atoms. The van der Waals surface area contributed by atoms with Gasteiger partial charge in [-0.25, -0.2) is 0 Å². The summed E-state index contributed by atoms with van der Waals surface area (Å²) in [5.41, 5.74) is 0. The Balaban J connectivity index is -0.0000000327. The van der Waals surface area contributed by atoms with Crippen LogP contribution in [0.2, 0.25) is 0 Å². The Morgan fingerprint density at radius 2 is 0.556 bits per heavy atom. The Labute approximate surface area is 156 Å². The summed E-state index contributed by atoms with van der Waals surface area (Å²) in [6.07, 6.45) is 8.51. The molecule has 116 valence electrons. The third-order valence-electron chi connectivity index (χ3n) is 2.68. The average Bonchev–Trinajstić information content (AvgIpc) is 2.24. The molecular formula is C12H30Cl3HfP2-3. The minimum Gasteiger partial charge on any atom is -1.00 e. The summed E-state index contributed by atoms with van der Waals surface area (Å²) in [6, 6.07) is 0. The maximum atomic E-state index is 2.29. The van der Waals surface area contributed by atoms with Gasteiger partial charge in [-0.15, -0.1) is 15.8 Å². The van der Waals surface area contributed by atoms with E-state index < -0.39 is 0 Å². The molecule has 0 N–H and O–H groups in total.